The molecule has 2 N–H and O–H groups in total. The van der Waals surface area contributed by atoms with Gasteiger partial charge in [0.05, 0.1) is 0 Å². The van der Waals surface area contributed by atoms with Crippen LogP contribution in [0.5, 0.6) is 0 Å². The maximum absolute atomic E-state index is 4.27. The van der Waals surface area contributed by atoms with Gasteiger partial charge in [0, 0.05) is 35.2 Å². The van der Waals surface area contributed by atoms with E-state index < -0.39 is 0 Å². The number of aromatic nitrogens is 3. The van der Waals surface area contributed by atoms with E-state index in [2.05, 4.69) is 27.6 Å². The van der Waals surface area contributed by atoms with Crippen LogP contribution in [0.4, 0.5) is 0 Å². The molecule has 0 fully saturated rings. The van der Waals surface area contributed by atoms with Crippen molar-refractivity contribution in [1.29, 1.82) is 0 Å². The SMILES string of the molecule is C=Cc1cc(-c2ccnc3[nH]ccc23)c[nH]1. The minimum atomic E-state index is 0.916. The summed E-state index contributed by atoms with van der Waals surface area (Å²) in [7, 11) is 0. The van der Waals surface area contributed by atoms with Gasteiger partial charge in [0.25, 0.3) is 0 Å². The average molecular weight is 209 g/mol. The molecule has 78 valence electrons. The second kappa shape index (κ2) is 3.38. The van der Waals surface area contributed by atoms with E-state index in [9.17, 15) is 0 Å². The molecule has 3 heterocycles. The molecule has 0 aromatic carbocycles. The quantitative estimate of drug-likeness (QED) is 0.668. The molecule has 3 aromatic rings. The van der Waals surface area contributed by atoms with E-state index >= 15 is 0 Å². The molecule has 0 saturated carbocycles. The summed E-state index contributed by atoms with van der Waals surface area (Å²) in [6.45, 7) is 3.74. The highest BCUT2D eigenvalue weighted by atomic mass is 14.8. The van der Waals surface area contributed by atoms with Crippen LogP contribution >= 0.6 is 0 Å². The summed E-state index contributed by atoms with van der Waals surface area (Å²) in [4.78, 5) is 10.5. The maximum atomic E-state index is 4.27. The third-order valence-electron chi connectivity index (χ3n) is 2.70. The lowest BCUT2D eigenvalue weighted by atomic mass is 10.1. The zero-order chi connectivity index (χ0) is 11.0. The summed E-state index contributed by atoms with van der Waals surface area (Å²) in [5, 5.41) is 1.14. The molecule has 0 aliphatic heterocycles. The first-order chi connectivity index (χ1) is 7.88. The molecule has 0 unspecified atom stereocenters. The molecule has 3 aromatic heterocycles. The Morgan fingerprint density at radius 2 is 2.19 bits per heavy atom. The number of pyridine rings is 1. The van der Waals surface area contributed by atoms with E-state index in [-0.39, 0.29) is 0 Å². The predicted molar refractivity (Wildman–Crippen MR) is 66.0 cm³/mol. The van der Waals surface area contributed by atoms with E-state index in [1.807, 2.05) is 30.7 Å². The Bertz CT molecular complexity index is 646. The number of nitrogens with one attached hydrogen (secondary N) is 2. The van der Waals surface area contributed by atoms with Crippen molar-refractivity contribution in [1.82, 2.24) is 15.0 Å². The number of fused-ring (bicyclic) bond motifs is 1. The van der Waals surface area contributed by atoms with Crippen LogP contribution in [0, 0.1) is 0 Å². The minimum absolute atomic E-state index is 0.916. The van der Waals surface area contributed by atoms with Crippen LogP contribution < -0.4 is 0 Å². The molecule has 3 nitrogen and oxygen atoms in total. The van der Waals surface area contributed by atoms with Crippen molar-refractivity contribution in [3.05, 3.63) is 49.1 Å². The molecule has 0 amide bonds. The normalized spacial score (nSPS) is 10.8. The van der Waals surface area contributed by atoms with Gasteiger partial charge in [-0.2, -0.15) is 0 Å². The van der Waals surface area contributed by atoms with Crippen molar-refractivity contribution in [2.45, 2.75) is 0 Å². The van der Waals surface area contributed by atoms with E-state index in [0.717, 1.165) is 22.3 Å². The van der Waals surface area contributed by atoms with E-state index in [4.69, 9.17) is 0 Å². The third-order valence-corrected chi connectivity index (χ3v) is 2.70. The van der Waals surface area contributed by atoms with Gasteiger partial charge in [-0.25, -0.2) is 4.98 Å². The highest BCUT2D eigenvalue weighted by Gasteiger charge is 2.06. The smallest absolute Gasteiger partial charge is 0.137 e. The zero-order valence-electron chi connectivity index (χ0n) is 8.70. The second-order valence-electron chi connectivity index (χ2n) is 3.65. The van der Waals surface area contributed by atoms with Gasteiger partial charge < -0.3 is 9.97 Å². The highest BCUT2D eigenvalue weighted by Crippen LogP contribution is 2.27. The topological polar surface area (TPSA) is 44.5 Å². The van der Waals surface area contributed by atoms with Crippen LogP contribution in [0.3, 0.4) is 0 Å². The monoisotopic (exact) mass is 209 g/mol. The average Bonchev–Trinajstić information content (AvgIpc) is 2.97. The summed E-state index contributed by atoms with van der Waals surface area (Å²) in [6, 6.07) is 6.14. The third kappa shape index (κ3) is 1.26. The van der Waals surface area contributed by atoms with Crippen LogP contribution in [0.1, 0.15) is 5.69 Å². The second-order valence-corrected chi connectivity index (χ2v) is 3.65. The molecule has 0 bridgehead atoms. The van der Waals surface area contributed by atoms with E-state index in [1.165, 1.54) is 5.56 Å². The van der Waals surface area contributed by atoms with Crippen molar-refractivity contribution in [2.75, 3.05) is 0 Å². The number of hydrogen-bond acceptors (Lipinski definition) is 1. The van der Waals surface area contributed by atoms with Crippen LogP contribution in [0.25, 0.3) is 28.2 Å². The van der Waals surface area contributed by atoms with Crippen LogP contribution in [-0.4, -0.2) is 15.0 Å². The fourth-order valence-corrected chi connectivity index (χ4v) is 1.90. The maximum Gasteiger partial charge on any atom is 0.137 e. The Morgan fingerprint density at radius 1 is 1.25 bits per heavy atom. The Morgan fingerprint density at radius 3 is 3.00 bits per heavy atom. The number of nitrogens with zero attached hydrogens (tertiary/aromatic N) is 1. The zero-order valence-corrected chi connectivity index (χ0v) is 8.70. The van der Waals surface area contributed by atoms with Gasteiger partial charge in [-0.05, 0) is 29.8 Å². The van der Waals surface area contributed by atoms with Gasteiger partial charge in [0.2, 0.25) is 0 Å². The molecule has 0 atom stereocenters. The van der Waals surface area contributed by atoms with Crippen LogP contribution in [0.2, 0.25) is 0 Å². The Kier molecular flexibility index (Phi) is 1.90. The molecule has 3 rings (SSSR count). The lowest BCUT2D eigenvalue weighted by molar-refractivity contribution is 1.33. The van der Waals surface area contributed by atoms with Gasteiger partial charge in [-0.3, -0.25) is 0 Å². The van der Waals surface area contributed by atoms with Gasteiger partial charge >= 0.3 is 0 Å². The summed E-state index contributed by atoms with van der Waals surface area (Å²) in [5.41, 5.74) is 4.27. The molecule has 16 heavy (non-hydrogen) atoms. The predicted octanol–water partition coefficient (Wildman–Crippen LogP) is 3.20. The molecule has 0 radical (unpaired) electrons. The molecule has 0 saturated heterocycles. The van der Waals surface area contributed by atoms with Crippen molar-refractivity contribution in [3.8, 4) is 11.1 Å². The lowest BCUT2D eigenvalue weighted by Crippen LogP contribution is -1.79. The van der Waals surface area contributed by atoms with Crippen molar-refractivity contribution in [2.24, 2.45) is 0 Å². The standard InChI is InChI=1S/C13H11N3/c1-2-10-7-9(8-16-10)11-3-5-14-13-12(11)4-6-15-13/h2-8,16H,1H2,(H,14,15). The number of hydrogen-bond donors (Lipinski definition) is 2. The van der Waals surface area contributed by atoms with Crippen LogP contribution in [0.15, 0.2) is 43.4 Å². The molecule has 0 aliphatic rings. The fraction of sp³-hybridized carbons (Fsp3) is 0. The molecular weight excluding hydrogens is 198 g/mol. The highest BCUT2D eigenvalue weighted by molar-refractivity contribution is 5.93. The van der Waals surface area contributed by atoms with E-state index in [1.54, 1.807) is 6.08 Å². The molecule has 0 spiro atoms. The Balaban J connectivity index is 2.24. The first kappa shape index (κ1) is 8.97. The number of rotatable bonds is 2. The Labute approximate surface area is 92.8 Å². The molecular formula is C13H11N3. The van der Waals surface area contributed by atoms with Gasteiger partial charge in [-0.1, -0.05) is 6.58 Å². The minimum Gasteiger partial charge on any atom is -0.361 e. The summed E-state index contributed by atoms with van der Waals surface area (Å²) >= 11 is 0. The molecule has 0 aliphatic carbocycles. The number of aromatic amines is 2. The lowest BCUT2D eigenvalue weighted by Gasteiger charge is -1.98. The van der Waals surface area contributed by atoms with Crippen molar-refractivity contribution < 1.29 is 0 Å². The van der Waals surface area contributed by atoms with Crippen molar-refractivity contribution >= 4 is 17.1 Å². The fourth-order valence-electron chi connectivity index (χ4n) is 1.90. The first-order valence-electron chi connectivity index (χ1n) is 5.12. The molecule has 3 heteroatoms. The van der Waals surface area contributed by atoms with Crippen molar-refractivity contribution in [3.63, 3.8) is 0 Å². The Hall–Kier alpha value is -2.29. The largest absolute Gasteiger partial charge is 0.361 e. The number of H-pyrrole nitrogens is 2. The summed E-state index contributed by atoms with van der Waals surface area (Å²) in [5.74, 6) is 0. The van der Waals surface area contributed by atoms with Gasteiger partial charge in [0.1, 0.15) is 5.65 Å². The summed E-state index contributed by atoms with van der Waals surface area (Å²) < 4.78 is 0. The van der Waals surface area contributed by atoms with Gasteiger partial charge in [0.15, 0.2) is 0 Å². The van der Waals surface area contributed by atoms with E-state index in [0.29, 0.717) is 0 Å². The van der Waals surface area contributed by atoms with Gasteiger partial charge in [-0.15, -0.1) is 0 Å². The first-order valence-corrected chi connectivity index (χ1v) is 5.12. The van der Waals surface area contributed by atoms with Crippen LogP contribution in [-0.2, 0) is 0 Å². The summed E-state index contributed by atoms with van der Waals surface area (Å²) in [6.07, 6.45) is 7.51.